The molecule has 1 heterocycles. The van der Waals surface area contributed by atoms with Gasteiger partial charge in [0, 0.05) is 12.5 Å². The zero-order chi connectivity index (χ0) is 12.0. The third-order valence-electron chi connectivity index (χ3n) is 3.33. The Morgan fingerprint density at radius 3 is 2.88 bits per heavy atom. The lowest BCUT2D eigenvalue weighted by molar-refractivity contribution is -0.127. The Morgan fingerprint density at radius 1 is 1.62 bits per heavy atom. The molecular weight excluding hydrogens is 204 g/mol. The molecule has 4 heteroatoms. The van der Waals surface area contributed by atoms with Gasteiger partial charge in [-0.2, -0.15) is 0 Å². The number of hydrogen-bond acceptors (Lipinski definition) is 3. The van der Waals surface area contributed by atoms with Gasteiger partial charge in [-0.3, -0.25) is 4.79 Å². The van der Waals surface area contributed by atoms with Crippen molar-refractivity contribution in [2.24, 2.45) is 5.92 Å². The first kappa shape index (κ1) is 13.5. The van der Waals surface area contributed by atoms with Crippen molar-refractivity contribution in [2.45, 2.75) is 45.1 Å². The van der Waals surface area contributed by atoms with Crippen LogP contribution < -0.4 is 10.6 Å². The summed E-state index contributed by atoms with van der Waals surface area (Å²) in [6.45, 7) is 5.69. The second-order valence-corrected chi connectivity index (χ2v) is 4.90. The maximum atomic E-state index is 11.9. The highest BCUT2D eigenvalue weighted by Crippen LogP contribution is 2.17. The second-order valence-electron chi connectivity index (χ2n) is 4.90. The molecule has 0 bridgehead atoms. The lowest BCUT2D eigenvalue weighted by Crippen LogP contribution is -2.60. The SMILES string of the molecule is CCCC(C)C(=O)NC1(CO)CCCNC1. The lowest BCUT2D eigenvalue weighted by atomic mass is 9.90. The standard InChI is InChI=1S/C12H24N2O2/c1-3-5-10(2)11(16)14-12(9-15)6-4-7-13-8-12/h10,13,15H,3-9H2,1-2H3,(H,14,16). The highest BCUT2D eigenvalue weighted by molar-refractivity contribution is 5.79. The van der Waals surface area contributed by atoms with Gasteiger partial charge in [0.1, 0.15) is 0 Å². The average molecular weight is 228 g/mol. The van der Waals surface area contributed by atoms with Gasteiger partial charge in [0.25, 0.3) is 0 Å². The molecule has 2 atom stereocenters. The summed E-state index contributed by atoms with van der Waals surface area (Å²) in [5.41, 5.74) is -0.433. The third-order valence-corrected chi connectivity index (χ3v) is 3.33. The predicted molar refractivity (Wildman–Crippen MR) is 64.1 cm³/mol. The monoisotopic (exact) mass is 228 g/mol. The molecule has 1 amide bonds. The minimum atomic E-state index is -0.433. The maximum absolute atomic E-state index is 11.9. The van der Waals surface area contributed by atoms with Crippen LogP contribution in [0.2, 0.25) is 0 Å². The molecule has 1 rings (SSSR count). The van der Waals surface area contributed by atoms with Crippen molar-refractivity contribution < 1.29 is 9.90 Å². The minimum absolute atomic E-state index is 0.0184. The molecule has 2 unspecified atom stereocenters. The number of rotatable bonds is 5. The minimum Gasteiger partial charge on any atom is -0.394 e. The predicted octanol–water partition coefficient (Wildman–Crippen LogP) is 0.653. The van der Waals surface area contributed by atoms with E-state index in [9.17, 15) is 9.90 Å². The van der Waals surface area contributed by atoms with Gasteiger partial charge in [-0.1, -0.05) is 20.3 Å². The first-order chi connectivity index (χ1) is 7.63. The molecule has 0 spiro atoms. The normalized spacial score (nSPS) is 27.4. The van der Waals surface area contributed by atoms with E-state index >= 15 is 0 Å². The van der Waals surface area contributed by atoms with Crippen LogP contribution >= 0.6 is 0 Å². The smallest absolute Gasteiger partial charge is 0.223 e. The van der Waals surface area contributed by atoms with Crippen molar-refractivity contribution >= 4 is 5.91 Å². The number of piperidine rings is 1. The van der Waals surface area contributed by atoms with E-state index in [1.54, 1.807) is 0 Å². The first-order valence-electron chi connectivity index (χ1n) is 6.27. The van der Waals surface area contributed by atoms with E-state index in [-0.39, 0.29) is 18.4 Å². The Morgan fingerprint density at radius 2 is 2.38 bits per heavy atom. The largest absolute Gasteiger partial charge is 0.394 e. The van der Waals surface area contributed by atoms with Gasteiger partial charge >= 0.3 is 0 Å². The third kappa shape index (κ3) is 3.46. The van der Waals surface area contributed by atoms with Crippen LogP contribution in [0.3, 0.4) is 0 Å². The topological polar surface area (TPSA) is 61.4 Å². The average Bonchev–Trinajstić information content (AvgIpc) is 2.30. The highest BCUT2D eigenvalue weighted by atomic mass is 16.3. The van der Waals surface area contributed by atoms with Crippen LogP contribution in [0.1, 0.15) is 39.5 Å². The molecule has 0 aromatic carbocycles. The number of hydrogen-bond donors (Lipinski definition) is 3. The van der Waals surface area contributed by atoms with Gasteiger partial charge in [0.15, 0.2) is 0 Å². The molecule has 3 N–H and O–H groups in total. The Hall–Kier alpha value is -0.610. The van der Waals surface area contributed by atoms with Crippen LogP contribution in [-0.4, -0.2) is 36.2 Å². The number of carbonyl (C=O) groups excluding carboxylic acids is 1. The summed E-state index contributed by atoms with van der Waals surface area (Å²) in [6.07, 6.45) is 3.78. The fourth-order valence-corrected chi connectivity index (χ4v) is 2.20. The highest BCUT2D eigenvalue weighted by Gasteiger charge is 2.33. The number of nitrogens with one attached hydrogen (secondary N) is 2. The fourth-order valence-electron chi connectivity index (χ4n) is 2.20. The van der Waals surface area contributed by atoms with Crippen molar-refractivity contribution in [3.63, 3.8) is 0 Å². The molecule has 94 valence electrons. The van der Waals surface area contributed by atoms with E-state index in [0.29, 0.717) is 6.54 Å². The van der Waals surface area contributed by atoms with Crippen LogP contribution in [0.5, 0.6) is 0 Å². The Bertz CT molecular complexity index is 225. The molecular formula is C12H24N2O2. The zero-order valence-corrected chi connectivity index (χ0v) is 10.4. The molecule has 0 aromatic heterocycles. The van der Waals surface area contributed by atoms with Crippen LogP contribution in [0.25, 0.3) is 0 Å². The molecule has 0 radical (unpaired) electrons. The maximum Gasteiger partial charge on any atom is 0.223 e. The van der Waals surface area contributed by atoms with Gasteiger partial charge in [-0.05, 0) is 25.8 Å². The summed E-state index contributed by atoms with van der Waals surface area (Å²) < 4.78 is 0. The molecule has 1 aliphatic rings. The van der Waals surface area contributed by atoms with E-state index in [4.69, 9.17) is 0 Å². The molecule has 1 fully saturated rings. The summed E-state index contributed by atoms with van der Waals surface area (Å²) in [6, 6.07) is 0. The summed E-state index contributed by atoms with van der Waals surface area (Å²) in [7, 11) is 0. The van der Waals surface area contributed by atoms with Crippen LogP contribution in [0, 0.1) is 5.92 Å². The summed E-state index contributed by atoms with van der Waals surface area (Å²) >= 11 is 0. The molecule has 16 heavy (non-hydrogen) atoms. The van der Waals surface area contributed by atoms with Crippen molar-refractivity contribution in [2.75, 3.05) is 19.7 Å². The van der Waals surface area contributed by atoms with E-state index in [2.05, 4.69) is 17.6 Å². The van der Waals surface area contributed by atoms with E-state index in [0.717, 1.165) is 32.2 Å². The molecule has 0 aromatic rings. The van der Waals surface area contributed by atoms with Gasteiger partial charge in [-0.25, -0.2) is 0 Å². The summed E-state index contributed by atoms with van der Waals surface area (Å²) in [4.78, 5) is 11.9. The Balaban J connectivity index is 2.51. The number of aliphatic hydroxyl groups excluding tert-OH is 1. The molecule has 4 nitrogen and oxygen atoms in total. The second kappa shape index (κ2) is 6.21. The molecule has 1 aliphatic heterocycles. The number of aliphatic hydroxyl groups is 1. The van der Waals surface area contributed by atoms with Crippen molar-refractivity contribution in [1.29, 1.82) is 0 Å². The molecule has 1 saturated heterocycles. The van der Waals surface area contributed by atoms with Gasteiger partial charge in [-0.15, -0.1) is 0 Å². The van der Waals surface area contributed by atoms with E-state index < -0.39 is 5.54 Å². The fraction of sp³-hybridized carbons (Fsp3) is 0.917. The van der Waals surface area contributed by atoms with Crippen LogP contribution in [0.4, 0.5) is 0 Å². The molecule has 0 aliphatic carbocycles. The van der Waals surface area contributed by atoms with Crippen LogP contribution in [-0.2, 0) is 4.79 Å². The van der Waals surface area contributed by atoms with Gasteiger partial charge < -0.3 is 15.7 Å². The Labute approximate surface area is 97.8 Å². The number of carbonyl (C=O) groups is 1. The first-order valence-corrected chi connectivity index (χ1v) is 6.27. The van der Waals surface area contributed by atoms with Crippen molar-refractivity contribution in [3.8, 4) is 0 Å². The Kier molecular flexibility index (Phi) is 5.22. The van der Waals surface area contributed by atoms with E-state index in [1.165, 1.54) is 0 Å². The zero-order valence-electron chi connectivity index (χ0n) is 10.4. The van der Waals surface area contributed by atoms with Gasteiger partial charge in [0.05, 0.1) is 12.1 Å². The van der Waals surface area contributed by atoms with Crippen molar-refractivity contribution in [3.05, 3.63) is 0 Å². The quantitative estimate of drug-likeness (QED) is 0.647. The number of amides is 1. The molecule has 0 saturated carbocycles. The summed E-state index contributed by atoms with van der Waals surface area (Å²) in [5, 5.41) is 15.7. The van der Waals surface area contributed by atoms with Gasteiger partial charge in [0.2, 0.25) is 5.91 Å². The van der Waals surface area contributed by atoms with E-state index in [1.807, 2.05) is 6.92 Å². The summed E-state index contributed by atoms with van der Waals surface area (Å²) in [5.74, 6) is 0.106. The lowest BCUT2D eigenvalue weighted by Gasteiger charge is -2.37. The van der Waals surface area contributed by atoms with Crippen molar-refractivity contribution in [1.82, 2.24) is 10.6 Å². The van der Waals surface area contributed by atoms with Crippen LogP contribution in [0.15, 0.2) is 0 Å².